The smallest absolute Gasteiger partial charge is 0.373 e. The summed E-state index contributed by atoms with van der Waals surface area (Å²) in [5.41, 5.74) is -1.46. The molecule has 0 bridgehead atoms. The molecule has 0 saturated heterocycles. The van der Waals surface area contributed by atoms with E-state index in [1.807, 2.05) is 21.4 Å². The number of imidazole rings is 2. The van der Waals surface area contributed by atoms with Gasteiger partial charge >= 0.3 is 23.1 Å². The molecule has 0 amide bonds. The minimum atomic E-state index is -0.532. The molecule has 0 unspecified atom stereocenters. The number of nitrogens with zero attached hydrogens (tertiary/aromatic N) is 20. The van der Waals surface area contributed by atoms with Gasteiger partial charge in [-0.25, -0.2) is 29.5 Å². The van der Waals surface area contributed by atoms with E-state index < -0.39 is 17.1 Å². The van der Waals surface area contributed by atoms with Gasteiger partial charge < -0.3 is 37.6 Å². The van der Waals surface area contributed by atoms with E-state index in [4.69, 9.17) is 45.5 Å². The first kappa shape index (κ1) is 47.5. The normalized spacial score (nSPS) is 10.1. The molecule has 0 aliphatic rings. The van der Waals surface area contributed by atoms with Crippen LogP contribution in [0.2, 0.25) is 0 Å². The van der Waals surface area contributed by atoms with Crippen LogP contribution in [0.15, 0.2) is 134 Å². The molecular formula is C30H18N20O5S5Y2-2. The molecule has 306 valence electrons. The SMILES string of the molecule is O=c1ncn2cc[n-]c2n1.O=c1ncn2ccoc2n1.O=c1ncn2ccsc2n1.S=c1ncn2cc[n-]c2n1.S=c1ncn2ccoc2n1.S=c1ncn2ccsc2n1.[Y].[Y]. The van der Waals surface area contributed by atoms with Gasteiger partial charge in [-0.15, -0.1) is 27.7 Å². The van der Waals surface area contributed by atoms with Crippen LogP contribution >= 0.6 is 59.3 Å². The molecule has 12 heterocycles. The van der Waals surface area contributed by atoms with E-state index in [1.165, 1.54) is 47.2 Å². The van der Waals surface area contributed by atoms with Crippen LogP contribution in [-0.4, -0.2) is 86.2 Å². The zero-order valence-electron chi connectivity index (χ0n) is 30.6. The minimum Gasteiger partial charge on any atom is -0.432 e. The summed E-state index contributed by atoms with van der Waals surface area (Å²) in [6.07, 6.45) is 25.7. The van der Waals surface area contributed by atoms with Crippen molar-refractivity contribution in [3.63, 3.8) is 0 Å². The minimum absolute atomic E-state index is 0. The summed E-state index contributed by atoms with van der Waals surface area (Å²) in [5, 5.41) is 3.79. The van der Waals surface area contributed by atoms with Crippen LogP contribution in [-0.2, 0) is 65.4 Å². The molecule has 0 aliphatic carbocycles. The summed E-state index contributed by atoms with van der Waals surface area (Å²) < 4.78 is 20.8. The third-order valence-corrected chi connectivity index (χ3v) is 8.80. The molecular weight excluding hydrogens is 1060 g/mol. The fourth-order valence-electron chi connectivity index (χ4n) is 4.12. The molecule has 0 saturated carbocycles. The van der Waals surface area contributed by atoms with Gasteiger partial charge in [-0.3, -0.25) is 22.4 Å². The number of fused-ring (bicyclic) bond motifs is 6. The first-order valence-corrected chi connectivity index (χ1v) is 18.9. The quantitative estimate of drug-likeness (QED) is 0.196. The standard InChI is InChI=1S/C5H4N4O.C5H4N4S.C5H3N3O2.2C5H3N3OS.C5H3N3S2.2Y/c2*10-5-7-3-9-2-1-6-4(9)8-5;2*9-4-6-3-8-1-2-10-5(8)7-4;10-4-6-3-8-1-2-9-5(8)7-4;9-4-6-3-8-1-2-10-5(8)7-4;;/h2*1-3H,(H,6,8,10);4*1-3H;;/p-2. The maximum absolute atomic E-state index is 10.6. The van der Waals surface area contributed by atoms with Crippen molar-refractivity contribution in [2.24, 2.45) is 0 Å². The third kappa shape index (κ3) is 13.2. The van der Waals surface area contributed by atoms with Gasteiger partial charge in [0.15, 0.2) is 9.92 Å². The van der Waals surface area contributed by atoms with Crippen LogP contribution < -0.4 is 27.0 Å². The number of thiazole rings is 2. The van der Waals surface area contributed by atoms with Crippen molar-refractivity contribution >= 4 is 92.5 Å². The first-order valence-electron chi connectivity index (χ1n) is 16.0. The van der Waals surface area contributed by atoms with Crippen LogP contribution in [0.25, 0.3) is 33.2 Å². The topological polar surface area (TPSA) is 287 Å². The molecule has 0 N–H and O–H groups in total. The summed E-state index contributed by atoms with van der Waals surface area (Å²) in [6, 6.07) is 0. The number of aromatic nitrogens is 20. The Bertz CT molecular complexity index is 3050. The zero-order valence-corrected chi connectivity index (χ0v) is 40.3. The van der Waals surface area contributed by atoms with Crippen LogP contribution in [0.1, 0.15) is 0 Å². The molecule has 0 aromatic carbocycles. The van der Waals surface area contributed by atoms with Crippen molar-refractivity contribution < 1.29 is 74.3 Å². The maximum atomic E-state index is 10.6. The third-order valence-electron chi connectivity index (χ3n) is 6.67. The number of hydrogen-bond donors (Lipinski definition) is 0. The van der Waals surface area contributed by atoms with Crippen molar-refractivity contribution in [1.29, 1.82) is 0 Å². The van der Waals surface area contributed by atoms with E-state index in [1.54, 1.807) is 91.3 Å². The van der Waals surface area contributed by atoms with Gasteiger partial charge in [-0.1, -0.05) is 12.2 Å². The van der Waals surface area contributed by atoms with Crippen LogP contribution in [0.5, 0.6) is 0 Å². The number of hydrogen-bond acceptors (Lipinski definition) is 22. The molecule has 12 aromatic heterocycles. The second-order valence-electron chi connectivity index (χ2n) is 10.5. The van der Waals surface area contributed by atoms with Gasteiger partial charge in [0, 0.05) is 113 Å². The average Bonchev–Trinajstić information content (AvgIpc) is 4.10. The van der Waals surface area contributed by atoms with Gasteiger partial charge in [0.1, 0.15) is 42.6 Å². The van der Waals surface area contributed by atoms with Crippen LogP contribution in [0, 0.1) is 14.3 Å². The summed E-state index contributed by atoms with van der Waals surface area (Å²) in [5.74, 6) is 1.72. The van der Waals surface area contributed by atoms with Gasteiger partial charge in [0.2, 0.25) is 9.54 Å². The van der Waals surface area contributed by atoms with Crippen LogP contribution in [0.3, 0.4) is 0 Å². The van der Waals surface area contributed by atoms with E-state index in [9.17, 15) is 14.4 Å². The molecule has 0 spiro atoms. The molecule has 62 heavy (non-hydrogen) atoms. The maximum Gasteiger partial charge on any atom is 0.373 e. The first-order chi connectivity index (χ1) is 29.2. The van der Waals surface area contributed by atoms with Gasteiger partial charge in [0.05, 0.1) is 12.4 Å². The monoisotopic (exact) mass is 1080 g/mol. The average molecular weight is 1080 g/mol. The van der Waals surface area contributed by atoms with E-state index in [-0.39, 0.29) is 71.3 Å². The Balaban J connectivity index is 0.000000140. The molecule has 25 nitrogen and oxygen atoms in total. The van der Waals surface area contributed by atoms with E-state index in [2.05, 4.69) is 69.8 Å². The predicted molar refractivity (Wildman–Crippen MR) is 216 cm³/mol. The molecule has 0 atom stereocenters. The predicted octanol–water partition coefficient (Wildman–Crippen LogP) is 1.86. The number of oxazole rings is 2. The Labute approximate surface area is 415 Å². The van der Waals surface area contributed by atoms with E-state index in [0.717, 1.165) is 4.96 Å². The Morgan fingerprint density at radius 3 is 1.48 bits per heavy atom. The largest absolute Gasteiger partial charge is 0.432 e. The summed E-state index contributed by atoms with van der Waals surface area (Å²) in [7, 11) is 0. The summed E-state index contributed by atoms with van der Waals surface area (Å²) >= 11 is 17.2. The molecule has 2 radical (unpaired) electrons. The van der Waals surface area contributed by atoms with Crippen molar-refractivity contribution in [3.8, 4) is 0 Å². The molecule has 12 aromatic rings. The van der Waals surface area contributed by atoms with E-state index in [0.29, 0.717) is 36.7 Å². The Hall–Kier alpha value is -5.59. The van der Waals surface area contributed by atoms with Gasteiger partial charge in [0.25, 0.3) is 5.69 Å². The Kier molecular flexibility index (Phi) is 17.6. The fourth-order valence-corrected chi connectivity index (χ4v) is 5.92. The van der Waals surface area contributed by atoms with Crippen molar-refractivity contribution in [2.75, 3.05) is 0 Å². The fraction of sp³-hybridized carbons (Fsp3) is 0. The Morgan fingerprint density at radius 1 is 0.452 bits per heavy atom. The molecule has 0 fully saturated rings. The van der Waals surface area contributed by atoms with Crippen molar-refractivity contribution in [2.45, 2.75) is 0 Å². The van der Waals surface area contributed by atoms with Crippen molar-refractivity contribution in [3.05, 3.63) is 157 Å². The molecule has 32 heteroatoms. The summed E-state index contributed by atoms with van der Waals surface area (Å²) in [4.78, 5) is 85.0. The molecule has 0 aliphatic heterocycles. The number of rotatable bonds is 0. The van der Waals surface area contributed by atoms with Crippen molar-refractivity contribution in [1.82, 2.24) is 96.2 Å². The van der Waals surface area contributed by atoms with Gasteiger partial charge in [-0.05, 0) is 49.2 Å². The van der Waals surface area contributed by atoms with Crippen LogP contribution in [0.4, 0.5) is 0 Å². The zero-order chi connectivity index (χ0) is 41.8. The van der Waals surface area contributed by atoms with Gasteiger partial charge in [-0.2, -0.15) is 24.9 Å². The Morgan fingerprint density at radius 2 is 0.871 bits per heavy atom. The molecule has 12 rings (SSSR count). The van der Waals surface area contributed by atoms with E-state index >= 15 is 0 Å². The second-order valence-corrected chi connectivity index (χ2v) is 13.3. The summed E-state index contributed by atoms with van der Waals surface area (Å²) in [6.45, 7) is 0. The second kappa shape index (κ2) is 23.0.